The molecule has 30 heavy (non-hydrogen) atoms. The van der Waals surface area contributed by atoms with Crippen LogP contribution in [0.25, 0.3) is 0 Å². The van der Waals surface area contributed by atoms with Gasteiger partial charge < -0.3 is 15.8 Å². The Morgan fingerprint density at radius 3 is 2.40 bits per heavy atom. The monoisotopic (exact) mass is 404 g/mol. The van der Waals surface area contributed by atoms with E-state index < -0.39 is 17.8 Å². The van der Waals surface area contributed by atoms with Gasteiger partial charge in [0, 0.05) is 11.3 Å². The summed E-state index contributed by atoms with van der Waals surface area (Å²) in [5.41, 5.74) is 9.48. The van der Waals surface area contributed by atoms with Crippen LogP contribution in [0.1, 0.15) is 48.8 Å². The highest BCUT2D eigenvalue weighted by Crippen LogP contribution is 2.24. The molecule has 3 aromatic rings. The molecule has 0 bridgehead atoms. The number of aromatic nitrogens is 1. The Balaban J connectivity index is 2.08. The molecule has 0 aliphatic carbocycles. The molecular formula is C22H20N4O4. The lowest BCUT2D eigenvalue weighted by atomic mass is 9.92. The zero-order valence-corrected chi connectivity index (χ0v) is 16.2. The number of benzene rings is 2. The number of aromatic carboxylic acids is 1. The topological polar surface area (TPSA) is 138 Å². The van der Waals surface area contributed by atoms with Crippen molar-refractivity contribution in [2.75, 3.05) is 0 Å². The lowest BCUT2D eigenvalue weighted by Gasteiger charge is -2.10. The summed E-state index contributed by atoms with van der Waals surface area (Å²) in [6, 6.07) is 15.8. The summed E-state index contributed by atoms with van der Waals surface area (Å²) in [5.74, 6) is -1.70. The molecule has 8 nitrogen and oxygen atoms in total. The summed E-state index contributed by atoms with van der Waals surface area (Å²) in [5, 5.41) is 13.3. The molecular weight excluding hydrogens is 384 g/mol. The number of primary amides is 1. The lowest BCUT2D eigenvalue weighted by Crippen LogP contribution is -2.24. The number of carboxylic acid groups (broad SMARTS) is 1. The lowest BCUT2D eigenvalue weighted by molar-refractivity contribution is 0.0692. The number of urea groups is 1. The van der Waals surface area contributed by atoms with Crippen molar-refractivity contribution in [3.63, 3.8) is 0 Å². The molecule has 1 heterocycles. The van der Waals surface area contributed by atoms with Gasteiger partial charge in [0.1, 0.15) is 0 Å². The van der Waals surface area contributed by atoms with E-state index in [2.05, 4.69) is 10.1 Å². The van der Waals surface area contributed by atoms with Crippen molar-refractivity contribution in [1.82, 2.24) is 10.4 Å². The number of aromatic amines is 1. The van der Waals surface area contributed by atoms with Crippen molar-refractivity contribution >= 4 is 24.0 Å². The number of ketones is 1. The van der Waals surface area contributed by atoms with Gasteiger partial charge in [-0.25, -0.2) is 15.0 Å². The highest BCUT2D eigenvalue weighted by molar-refractivity contribution is 6.18. The Bertz CT molecular complexity index is 1130. The molecule has 5 N–H and O–H groups in total. The van der Waals surface area contributed by atoms with Crippen LogP contribution < -0.4 is 11.2 Å². The molecule has 3 rings (SSSR count). The smallest absolute Gasteiger partial charge is 0.338 e. The van der Waals surface area contributed by atoms with Crippen LogP contribution in [-0.4, -0.2) is 34.1 Å². The van der Waals surface area contributed by atoms with Gasteiger partial charge in [-0.3, -0.25) is 4.79 Å². The third-order valence-corrected chi connectivity index (χ3v) is 4.53. The molecule has 0 fully saturated rings. The third-order valence-electron chi connectivity index (χ3n) is 4.53. The second-order valence-electron chi connectivity index (χ2n) is 6.60. The largest absolute Gasteiger partial charge is 0.478 e. The maximum Gasteiger partial charge on any atom is 0.338 e. The zero-order valence-electron chi connectivity index (χ0n) is 16.2. The van der Waals surface area contributed by atoms with Crippen molar-refractivity contribution in [1.29, 1.82) is 0 Å². The fourth-order valence-corrected chi connectivity index (χ4v) is 3.26. The Kier molecular flexibility index (Phi) is 6.07. The number of amides is 2. The number of H-pyrrole nitrogens is 1. The van der Waals surface area contributed by atoms with E-state index in [-0.39, 0.29) is 16.8 Å². The second-order valence-corrected chi connectivity index (χ2v) is 6.60. The molecule has 152 valence electrons. The number of carbonyl (C=O) groups is 3. The standard InChI is InChI=1S/C22H20N4O4/c1-13-18(21(28)29)19(17(25-13)12-24-26-22(23)30)20(27)16-10-6-5-9-15(16)11-14-7-3-2-4-8-14/h2-10,12,25H,11H2,1H3,(H,28,29)(H3,23,26,30). The number of hydrazone groups is 1. The highest BCUT2D eigenvalue weighted by atomic mass is 16.4. The normalized spacial score (nSPS) is 10.8. The molecule has 0 saturated heterocycles. The number of hydrogen-bond donors (Lipinski definition) is 4. The average molecular weight is 404 g/mol. The Morgan fingerprint density at radius 1 is 1.07 bits per heavy atom. The van der Waals surface area contributed by atoms with Crippen LogP contribution in [0.5, 0.6) is 0 Å². The number of hydrogen-bond acceptors (Lipinski definition) is 4. The van der Waals surface area contributed by atoms with E-state index in [0.29, 0.717) is 17.7 Å². The first kappa shape index (κ1) is 20.5. The number of nitrogens with one attached hydrogen (secondary N) is 2. The summed E-state index contributed by atoms with van der Waals surface area (Å²) >= 11 is 0. The third kappa shape index (κ3) is 4.44. The van der Waals surface area contributed by atoms with Gasteiger partial charge in [0.15, 0.2) is 5.78 Å². The molecule has 0 saturated carbocycles. The fourth-order valence-electron chi connectivity index (χ4n) is 3.26. The minimum Gasteiger partial charge on any atom is -0.478 e. The maximum atomic E-state index is 13.5. The summed E-state index contributed by atoms with van der Waals surface area (Å²) in [6.45, 7) is 1.55. The number of rotatable bonds is 7. The number of aryl methyl sites for hydroxylation is 1. The number of nitrogens with zero attached hydrogens (tertiary/aromatic N) is 1. The Hall–Kier alpha value is -4.20. The molecule has 8 heteroatoms. The van der Waals surface area contributed by atoms with Gasteiger partial charge >= 0.3 is 12.0 Å². The number of carbonyl (C=O) groups excluding carboxylic acids is 2. The van der Waals surface area contributed by atoms with Gasteiger partial charge in [-0.1, -0.05) is 54.6 Å². The molecule has 0 aliphatic heterocycles. The molecule has 0 aliphatic rings. The number of nitrogens with two attached hydrogens (primary N) is 1. The summed E-state index contributed by atoms with van der Waals surface area (Å²) < 4.78 is 0. The van der Waals surface area contributed by atoms with Gasteiger partial charge in [-0.05, 0) is 24.5 Å². The van der Waals surface area contributed by atoms with E-state index in [1.165, 1.54) is 0 Å². The van der Waals surface area contributed by atoms with Gasteiger partial charge in [0.2, 0.25) is 0 Å². The van der Waals surface area contributed by atoms with E-state index in [1.54, 1.807) is 19.1 Å². The molecule has 1 aromatic heterocycles. The fraction of sp³-hybridized carbons (Fsp3) is 0.0909. The first-order valence-electron chi connectivity index (χ1n) is 9.09. The summed E-state index contributed by atoms with van der Waals surface area (Å²) in [4.78, 5) is 39.0. The molecule has 2 aromatic carbocycles. The van der Waals surface area contributed by atoms with Crippen molar-refractivity contribution in [2.45, 2.75) is 13.3 Å². The SMILES string of the molecule is Cc1[nH]c(C=NNC(N)=O)c(C(=O)c2ccccc2Cc2ccccc2)c1C(=O)O. The van der Waals surface area contributed by atoms with E-state index in [0.717, 1.165) is 17.3 Å². The minimum atomic E-state index is -1.24. The summed E-state index contributed by atoms with van der Waals surface area (Å²) in [6.07, 6.45) is 1.68. The molecule has 0 atom stereocenters. The average Bonchev–Trinajstić information content (AvgIpc) is 3.04. The predicted octanol–water partition coefficient (Wildman–Crippen LogP) is 2.85. The maximum absolute atomic E-state index is 13.5. The minimum absolute atomic E-state index is 0.0319. The van der Waals surface area contributed by atoms with Crippen LogP contribution in [0.3, 0.4) is 0 Å². The number of carboxylic acids is 1. The quantitative estimate of drug-likeness (QED) is 0.273. The second kappa shape index (κ2) is 8.87. The van der Waals surface area contributed by atoms with E-state index in [1.807, 2.05) is 47.9 Å². The molecule has 2 amide bonds. The van der Waals surface area contributed by atoms with E-state index in [9.17, 15) is 19.5 Å². The predicted molar refractivity (Wildman–Crippen MR) is 112 cm³/mol. The van der Waals surface area contributed by atoms with Crippen LogP contribution in [0.2, 0.25) is 0 Å². The van der Waals surface area contributed by atoms with E-state index >= 15 is 0 Å². The van der Waals surface area contributed by atoms with Crippen LogP contribution in [0, 0.1) is 6.92 Å². The molecule has 0 unspecified atom stereocenters. The van der Waals surface area contributed by atoms with Gasteiger partial charge in [0.25, 0.3) is 0 Å². The van der Waals surface area contributed by atoms with Crippen LogP contribution in [-0.2, 0) is 6.42 Å². The van der Waals surface area contributed by atoms with Crippen molar-refractivity contribution in [3.05, 3.63) is 93.8 Å². The Morgan fingerprint density at radius 2 is 1.73 bits per heavy atom. The Labute approximate surface area is 172 Å². The van der Waals surface area contributed by atoms with Crippen molar-refractivity contribution in [2.24, 2.45) is 10.8 Å². The first-order valence-corrected chi connectivity index (χ1v) is 9.09. The van der Waals surface area contributed by atoms with Gasteiger partial charge in [-0.15, -0.1) is 0 Å². The van der Waals surface area contributed by atoms with Crippen LogP contribution in [0.15, 0.2) is 59.7 Å². The highest BCUT2D eigenvalue weighted by Gasteiger charge is 2.27. The molecule has 0 radical (unpaired) electrons. The van der Waals surface area contributed by atoms with Crippen LogP contribution >= 0.6 is 0 Å². The van der Waals surface area contributed by atoms with Crippen molar-refractivity contribution in [3.8, 4) is 0 Å². The van der Waals surface area contributed by atoms with E-state index in [4.69, 9.17) is 5.73 Å². The van der Waals surface area contributed by atoms with Crippen LogP contribution in [0.4, 0.5) is 4.79 Å². The first-order chi connectivity index (χ1) is 14.4. The summed E-state index contributed by atoms with van der Waals surface area (Å²) in [7, 11) is 0. The molecule has 0 spiro atoms. The van der Waals surface area contributed by atoms with Gasteiger partial charge in [0.05, 0.1) is 23.0 Å². The zero-order chi connectivity index (χ0) is 21.7. The van der Waals surface area contributed by atoms with Gasteiger partial charge in [-0.2, -0.15) is 5.10 Å². The van der Waals surface area contributed by atoms with Crippen molar-refractivity contribution < 1.29 is 19.5 Å².